The zero-order chi connectivity index (χ0) is 13.5. The molecule has 5 nitrogen and oxygen atoms in total. The summed E-state index contributed by atoms with van der Waals surface area (Å²) in [5.41, 5.74) is 5.91. The van der Waals surface area contributed by atoms with Gasteiger partial charge < -0.3 is 15.8 Å². The summed E-state index contributed by atoms with van der Waals surface area (Å²) >= 11 is 0. The average Bonchev–Trinajstić information content (AvgIpc) is 2.37. The van der Waals surface area contributed by atoms with Gasteiger partial charge in [0.1, 0.15) is 0 Å². The third kappa shape index (κ3) is 4.92. The van der Waals surface area contributed by atoms with Gasteiger partial charge in [0.15, 0.2) is 0 Å². The summed E-state index contributed by atoms with van der Waals surface area (Å²) in [5.74, 6) is 0.186. The number of morpholine rings is 1. The van der Waals surface area contributed by atoms with Crippen molar-refractivity contribution in [3.63, 3.8) is 0 Å². The van der Waals surface area contributed by atoms with Gasteiger partial charge in [0.2, 0.25) is 5.91 Å². The second kappa shape index (κ2) is 7.71. The van der Waals surface area contributed by atoms with Gasteiger partial charge in [-0.2, -0.15) is 0 Å². The molecule has 1 aliphatic rings. The number of nitrogens with one attached hydrogen (secondary N) is 1. The molecule has 0 aromatic heterocycles. The molecule has 18 heavy (non-hydrogen) atoms. The van der Waals surface area contributed by atoms with E-state index in [4.69, 9.17) is 10.5 Å². The smallest absolute Gasteiger partial charge is 0.237 e. The van der Waals surface area contributed by atoms with Gasteiger partial charge in [0.25, 0.3) is 0 Å². The van der Waals surface area contributed by atoms with Crippen LogP contribution in [0.3, 0.4) is 0 Å². The Kier molecular flexibility index (Phi) is 6.60. The molecule has 1 amide bonds. The number of ether oxygens (including phenoxy) is 1. The van der Waals surface area contributed by atoms with E-state index in [1.807, 2.05) is 13.8 Å². The minimum absolute atomic E-state index is 0.0369. The Morgan fingerprint density at radius 1 is 1.39 bits per heavy atom. The molecule has 1 rings (SSSR count). The van der Waals surface area contributed by atoms with Crippen molar-refractivity contribution in [2.45, 2.75) is 39.3 Å². The van der Waals surface area contributed by atoms with Crippen molar-refractivity contribution in [3.8, 4) is 0 Å². The van der Waals surface area contributed by atoms with Crippen molar-refractivity contribution in [2.75, 3.05) is 32.8 Å². The fraction of sp³-hybridized carbons (Fsp3) is 0.923. The van der Waals surface area contributed by atoms with Crippen LogP contribution in [0.25, 0.3) is 0 Å². The topological polar surface area (TPSA) is 67.6 Å². The van der Waals surface area contributed by atoms with E-state index in [0.717, 1.165) is 39.3 Å². The largest absolute Gasteiger partial charge is 0.379 e. The normalized spacial score (nSPS) is 22.2. The summed E-state index contributed by atoms with van der Waals surface area (Å²) in [6, 6.07) is -0.271. The first-order valence-corrected chi connectivity index (χ1v) is 6.90. The Morgan fingerprint density at radius 3 is 2.56 bits per heavy atom. The van der Waals surface area contributed by atoms with Crippen molar-refractivity contribution in [1.82, 2.24) is 10.2 Å². The minimum atomic E-state index is -0.401. The van der Waals surface area contributed by atoms with Crippen LogP contribution in [0, 0.1) is 5.92 Å². The van der Waals surface area contributed by atoms with Gasteiger partial charge in [-0.3, -0.25) is 9.69 Å². The number of hydrogen-bond acceptors (Lipinski definition) is 4. The Bertz CT molecular complexity index is 255. The van der Waals surface area contributed by atoms with Gasteiger partial charge in [0, 0.05) is 25.7 Å². The molecule has 1 saturated heterocycles. The van der Waals surface area contributed by atoms with Crippen LogP contribution in [0.5, 0.6) is 0 Å². The lowest BCUT2D eigenvalue weighted by Gasteiger charge is -2.30. The van der Waals surface area contributed by atoms with Crippen LogP contribution in [-0.4, -0.2) is 55.7 Å². The molecule has 1 aliphatic heterocycles. The van der Waals surface area contributed by atoms with E-state index in [1.54, 1.807) is 0 Å². The first kappa shape index (κ1) is 15.4. The highest BCUT2D eigenvalue weighted by Gasteiger charge is 2.21. The third-order valence-electron chi connectivity index (χ3n) is 3.58. The lowest BCUT2D eigenvalue weighted by atomic mass is 9.99. The molecule has 0 aromatic rings. The second-order valence-electron chi connectivity index (χ2n) is 5.23. The molecule has 3 N–H and O–H groups in total. The summed E-state index contributed by atoms with van der Waals surface area (Å²) in [4.78, 5) is 14.2. The molecular formula is C13H27N3O2. The molecule has 3 atom stereocenters. The predicted molar refractivity (Wildman–Crippen MR) is 72.3 cm³/mol. The highest BCUT2D eigenvalue weighted by Crippen LogP contribution is 2.06. The SMILES string of the molecule is CC[C@H](C)C(N)C(=O)NC(C)CN1CCOCC1. The van der Waals surface area contributed by atoms with E-state index in [1.165, 1.54) is 0 Å². The number of hydrogen-bond donors (Lipinski definition) is 2. The van der Waals surface area contributed by atoms with Crippen molar-refractivity contribution in [1.29, 1.82) is 0 Å². The number of nitrogens with zero attached hydrogens (tertiary/aromatic N) is 1. The zero-order valence-corrected chi connectivity index (χ0v) is 11.8. The lowest BCUT2D eigenvalue weighted by Crippen LogP contribution is -2.51. The van der Waals surface area contributed by atoms with Crippen LogP contribution in [0.2, 0.25) is 0 Å². The van der Waals surface area contributed by atoms with Crippen LogP contribution < -0.4 is 11.1 Å². The molecule has 1 fully saturated rings. The second-order valence-corrected chi connectivity index (χ2v) is 5.23. The Balaban J connectivity index is 2.29. The molecule has 106 valence electrons. The van der Waals surface area contributed by atoms with Gasteiger partial charge >= 0.3 is 0 Å². The van der Waals surface area contributed by atoms with E-state index in [2.05, 4.69) is 17.1 Å². The van der Waals surface area contributed by atoms with E-state index in [-0.39, 0.29) is 17.9 Å². The van der Waals surface area contributed by atoms with Gasteiger partial charge in [-0.05, 0) is 12.8 Å². The van der Waals surface area contributed by atoms with Gasteiger partial charge in [-0.25, -0.2) is 0 Å². The van der Waals surface area contributed by atoms with E-state index < -0.39 is 6.04 Å². The fourth-order valence-electron chi connectivity index (χ4n) is 2.07. The third-order valence-corrected chi connectivity index (χ3v) is 3.58. The van der Waals surface area contributed by atoms with E-state index in [0.29, 0.717) is 0 Å². The van der Waals surface area contributed by atoms with Crippen LogP contribution in [0.1, 0.15) is 27.2 Å². The lowest BCUT2D eigenvalue weighted by molar-refractivity contribution is -0.124. The minimum Gasteiger partial charge on any atom is -0.379 e. The van der Waals surface area contributed by atoms with Gasteiger partial charge in [0.05, 0.1) is 19.3 Å². The molecule has 0 radical (unpaired) electrons. The Hall–Kier alpha value is -0.650. The molecule has 0 spiro atoms. The fourth-order valence-corrected chi connectivity index (χ4v) is 2.07. The molecule has 2 unspecified atom stereocenters. The molecule has 0 saturated carbocycles. The van der Waals surface area contributed by atoms with Crippen molar-refractivity contribution >= 4 is 5.91 Å². The van der Waals surface area contributed by atoms with E-state index in [9.17, 15) is 4.79 Å². The molecule has 0 aliphatic carbocycles. The number of carbonyl (C=O) groups is 1. The highest BCUT2D eigenvalue weighted by molar-refractivity contribution is 5.82. The summed E-state index contributed by atoms with van der Waals surface area (Å²) in [6.45, 7) is 10.4. The maximum Gasteiger partial charge on any atom is 0.237 e. The zero-order valence-electron chi connectivity index (χ0n) is 11.8. The van der Waals surface area contributed by atoms with Crippen molar-refractivity contribution < 1.29 is 9.53 Å². The summed E-state index contributed by atoms with van der Waals surface area (Å²) in [7, 11) is 0. The maximum absolute atomic E-state index is 11.9. The van der Waals surface area contributed by atoms with Crippen LogP contribution >= 0.6 is 0 Å². The van der Waals surface area contributed by atoms with Crippen LogP contribution in [-0.2, 0) is 9.53 Å². The molecule has 0 aromatic carbocycles. The number of nitrogens with two attached hydrogens (primary N) is 1. The molecule has 5 heteroatoms. The highest BCUT2D eigenvalue weighted by atomic mass is 16.5. The Morgan fingerprint density at radius 2 is 2.00 bits per heavy atom. The van der Waals surface area contributed by atoms with Gasteiger partial charge in [-0.15, -0.1) is 0 Å². The first-order chi connectivity index (χ1) is 8.54. The number of carbonyl (C=O) groups excluding carboxylic acids is 1. The van der Waals surface area contributed by atoms with Gasteiger partial charge in [-0.1, -0.05) is 20.3 Å². The van der Waals surface area contributed by atoms with Crippen molar-refractivity contribution in [3.05, 3.63) is 0 Å². The summed E-state index contributed by atoms with van der Waals surface area (Å²) < 4.78 is 5.30. The first-order valence-electron chi connectivity index (χ1n) is 6.90. The number of amides is 1. The monoisotopic (exact) mass is 257 g/mol. The average molecular weight is 257 g/mol. The predicted octanol–water partition coefficient (Wildman–Crippen LogP) is 0.197. The number of rotatable bonds is 6. The Labute approximate surface area is 110 Å². The van der Waals surface area contributed by atoms with Crippen LogP contribution in [0.15, 0.2) is 0 Å². The van der Waals surface area contributed by atoms with Crippen LogP contribution in [0.4, 0.5) is 0 Å². The molecule has 0 bridgehead atoms. The van der Waals surface area contributed by atoms with E-state index >= 15 is 0 Å². The van der Waals surface area contributed by atoms with Crippen molar-refractivity contribution in [2.24, 2.45) is 11.7 Å². The quantitative estimate of drug-likeness (QED) is 0.713. The summed E-state index contributed by atoms with van der Waals surface area (Å²) in [6.07, 6.45) is 0.923. The maximum atomic E-state index is 11.9. The molecular weight excluding hydrogens is 230 g/mol. The molecule has 1 heterocycles. The standard InChI is InChI=1S/C13H27N3O2/c1-4-10(2)12(14)13(17)15-11(3)9-16-5-7-18-8-6-16/h10-12H,4-9,14H2,1-3H3,(H,15,17)/t10-,11?,12?/m0/s1. The summed E-state index contributed by atoms with van der Waals surface area (Å²) in [5, 5.41) is 3.00.